The third-order valence-corrected chi connectivity index (χ3v) is 4.88. The summed E-state index contributed by atoms with van der Waals surface area (Å²) in [5.41, 5.74) is 1.44. The molecule has 0 aromatic heterocycles. The van der Waals surface area contributed by atoms with Crippen molar-refractivity contribution in [3.05, 3.63) is 35.9 Å². The Bertz CT molecular complexity index is 604. The van der Waals surface area contributed by atoms with Crippen LogP contribution in [0, 0.1) is 17.3 Å². The Labute approximate surface area is 174 Å². The average molecular weight is 473 g/mol. The van der Waals surface area contributed by atoms with Crippen molar-refractivity contribution in [2.75, 3.05) is 33.8 Å². The van der Waals surface area contributed by atoms with Gasteiger partial charge in [-0.1, -0.05) is 51.1 Å². The number of nitrogens with zero attached hydrogens (tertiary/aromatic N) is 2. The highest BCUT2D eigenvalue weighted by Crippen LogP contribution is 2.25. The summed E-state index contributed by atoms with van der Waals surface area (Å²) in [5.74, 6) is 0.915. The van der Waals surface area contributed by atoms with Gasteiger partial charge in [-0.05, 0) is 23.3 Å². The summed E-state index contributed by atoms with van der Waals surface area (Å²) in [6, 6.07) is 10.5. The number of guanidine groups is 1. The van der Waals surface area contributed by atoms with Gasteiger partial charge in [-0.25, -0.2) is 0 Å². The fourth-order valence-electron chi connectivity index (χ4n) is 3.46. The fraction of sp³-hybridized carbons (Fsp3) is 0.600. The normalized spacial score (nSPS) is 20.5. The van der Waals surface area contributed by atoms with Crippen LogP contribution in [0.15, 0.2) is 35.3 Å². The van der Waals surface area contributed by atoms with Gasteiger partial charge in [0.1, 0.15) is 0 Å². The quantitative estimate of drug-likeness (QED) is 0.309. The average Bonchev–Trinajstić information content (AvgIpc) is 2.97. The number of likely N-dealkylation sites (tertiary alicyclic amines) is 1. The van der Waals surface area contributed by atoms with Crippen LogP contribution in [0.5, 0.6) is 0 Å². The van der Waals surface area contributed by atoms with Gasteiger partial charge in [0, 0.05) is 26.7 Å². The fourth-order valence-corrected chi connectivity index (χ4v) is 3.46. The number of carbonyl (C=O) groups is 1. The van der Waals surface area contributed by atoms with Crippen LogP contribution in [0.4, 0.5) is 0 Å². The van der Waals surface area contributed by atoms with E-state index in [-0.39, 0.29) is 47.2 Å². The minimum Gasteiger partial charge on any atom is -0.469 e. The highest BCUT2D eigenvalue weighted by molar-refractivity contribution is 14.0. The molecular formula is C20H32IN3O2. The van der Waals surface area contributed by atoms with Gasteiger partial charge in [-0.15, -0.1) is 24.0 Å². The van der Waals surface area contributed by atoms with E-state index in [4.69, 9.17) is 4.74 Å². The Balaban J connectivity index is 0.00000338. The van der Waals surface area contributed by atoms with Crippen molar-refractivity contribution in [3.8, 4) is 0 Å². The Morgan fingerprint density at radius 3 is 2.54 bits per heavy atom. The number of halogens is 1. The maximum Gasteiger partial charge on any atom is 0.310 e. The molecule has 6 heteroatoms. The Kier molecular flexibility index (Phi) is 8.86. The molecule has 1 aliphatic heterocycles. The maximum atomic E-state index is 11.9. The van der Waals surface area contributed by atoms with Gasteiger partial charge >= 0.3 is 5.97 Å². The van der Waals surface area contributed by atoms with Gasteiger partial charge in [0.15, 0.2) is 5.96 Å². The molecule has 1 saturated heterocycles. The van der Waals surface area contributed by atoms with Gasteiger partial charge in [-0.3, -0.25) is 9.79 Å². The second kappa shape index (κ2) is 10.1. The van der Waals surface area contributed by atoms with Crippen molar-refractivity contribution in [3.63, 3.8) is 0 Å². The number of hydrogen-bond donors (Lipinski definition) is 1. The largest absolute Gasteiger partial charge is 0.469 e. The van der Waals surface area contributed by atoms with Gasteiger partial charge in [0.25, 0.3) is 0 Å². The molecule has 1 N–H and O–H groups in total. The summed E-state index contributed by atoms with van der Waals surface area (Å²) in [5, 5.41) is 3.49. The molecule has 5 nitrogen and oxygen atoms in total. The van der Waals surface area contributed by atoms with Crippen LogP contribution < -0.4 is 5.32 Å². The third-order valence-electron chi connectivity index (χ3n) is 4.88. The first-order chi connectivity index (χ1) is 11.9. The van der Waals surface area contributed by atoms with E-state index in [1.54, 1.807) is 7.05 Å². The van der Waals surface area contributed by atoms with Gasteiger partial charge in [0.2, 0.25) is 0 Å². The van der Waals surface area contributed by atoms with E-state index in [1.807, 2.05) is 6.07 Å². The molecule has 146 valence electrons. The number of carbonyl (C=O) groups excluding carboxylic acids is 1. The number of rotatable bonds is 5. The monoisotopic (exact) mass is 473 g/mol. The van der Waals surface area contributed by atoms with E-state index >= 15 is 0 Å². The molecule has 2 rings (SSSR count). The van der Waals surface area contributed by atoms with E-state index in [2.05, 4.69) is 60.2 Å². The van der Waals surface area contributed by atoms with Crippen LogP contribution in [0.2, 0.25) is 0 Å². The maximum absolute atomic E-state index is 11.9. The van der Waals surface area contributed by atoms with E-state index in [9.17, 15) is 4.79 Å². The molecular weight excluding hydrogens is 441 g/mol. The molecule has 2 atom stereocenters. The SMILES string of the molecule is CN=C(NCC(C)(C)Cc1ccccc1)N1CC(C)C(C(=O)OC)C1.I. The van der Waals surface area contributed by atoms with Gasteiger partial charge in [-0.2, -0.15) is 0 Å². The smallest absolute Gasteiger partial charge is 0.310 e. The van der Waals surface area contributed by atoms with Crippen molar-refractivity contribution in [1.29, 1.82) is 0 Å². The summed E-state index contributed by atoms with van der Waals surface area (Å²) in [7, 11) is 3.25. The predicted molar refractivity (Wildman–Crippen MR) is 117 cm³/mol. The van der Waals surface area contributed by atoms with Crippen molar-refractivity contribution >= 4 is 35.9 Å². The minimum absolute atomic E-state index is 0. The molecule has 0 saturated carbocycles. The zero-order valence-corrected chi connectivity index (χ0v) is 18.8. The van der Waals surface area contributed by atoms with Crippen molar-refractivity contribution in [2.45, 2.75) is 27.2 Å². The molecule has 0 amide bonds. The van der Waals surface area contributed by atoms with Crippen LogP contribution in [0.3, 0.4) is 0 Å². The molecule has 1 aromatic carbocycles. The number of aliphatic imine (C=N–C) groups is 1. The molecule has 0 aliphatic carbocycles. The summed E-state index contributed by atoms with van der Waals surface area (Å²) < 4.78 is 4.92. The highest BCUT2D eigenvalue weighted by Gasteiger charge is 2.37. The van der Waals surface area contributed by atoms with Crippen molar-refractivity contribution in [2.24, 2.45) is 22.2 Å². The highest BCUT2D eigenvalue weighted by atomic mass is 127. The number of nitrogens with one attached hydrogen (secondary N) is 1. The lowest BCUT2D eigenvalue weighted by Gasteiger charge is -2.29. The number of methoxy groups -OCH3 is 1. The van der Waals surface area contributed by atoms with Crippen LogP contribution >= 0.6 is 24.0 Å². The van der Waals surface area contributed by atoms with E-state index < -0.39 is 0 Å². The van der Waals surface area contributed by atoms with Crippen molar-refractivity contribution in [1.82, 2.24) is 10.2 Å². The predicted octanol–water partition coefficient (Wildman–Crippen LogP) is 3.19. The van der Waals surface area contributed by atoms with Gasteiger partial charge in [0.05, 0.1) is 13.0 Å². The standard InChI is InChI=1S/C20H31N3O2.HI/c1-15-12-23(13-17(15)18(24)25-5)19(21-4)22-14-20(2,3)11-16-9-7-6-8-10-16;/h6-10,15,17H,11-14H2,1-5H3,(H,21,22);1H. The first-order valence-electron chi connectivity index (χ1n) is 8.93. The Hall–Kier alpha value is -1.31. The van der Waals surface area contributed by atoms with Crippen LogP contribution in [-0.4, -0.2) is 50.6 Å². The molecule has 0 spiro atoms. The first-order valence-corrected chi connectivity index (χ1v) is 8.93. The van der Waals surface area contributed by atoms with E-state index in [0.29, 0.717) is 6.54 Å². The number of ether oxygens (including phenoxy) is 1. The van der Waals surface area contributed by atoms with Crippen LogP contribution in [-0.2, 0) is 16.0 Å². The third kappa shape index (κ3) is 6.14. The molecule has 1 fully saturated rings. The Morgan fingerprint density at radius 2 is 1.96 bits per heavy atom. The molecule has 2 unspecified atom stereocenters. The second-order valence-electron chi connectivity index (χ2n) is 7.74. The topological polar surface area (TPSA) is 53.9 Å². The molecule has 26 heavy (non-hydrogen) atoms. The van der Waals surface area contributed by atoms with E-state index in [0.717, 1.165) is 25.5 Å². The van der Waals surface area contributed by atoms with Crippen LogP contribution in [0.1, 0.15) is 26.3 Å². The second-order valence-corrected chi connectivity index (χ2v) is 7.74. The number of hydrogen-bond acceptors (Lipinski definition) is 3. The molecule has 1 aromatic rings. The number of esters is 1. The van der Waals surface area contributed by atoms with Gasteiger partial charge < -0.3 is 15.0 Å². The summed E-state index contributed by atoms with van der Waals surface area (Å²) in [6.45, 7) is 8.90. The van der Waals surface area contributed by atoms with Crippen molar-refractivity contribution < 1.29 is 9.53 Å². The first kappa shape index (κ1) is 22.7. The summed E-state index contributed by atoms with van der Waals surface area (Å²) in [6.07, 6.45) is 0.999. The lowest BCUT2D eigenvalue weighted by Crippen LogP contribution is -2.44. The molecule has 1 aliphatic rings. The summed E-state index contributed by atoms with van der Waals surface area (Å²) in [4.78, 5) is 18.5. The summed E-state index contributed by atoms with van der Waals surface area (Å²) >= 11 is 0. The minimum atomic E-state index is -0.130. The lowest BCUT2D eigenvalue weighted by atomic mass is 9.86. The van der Waals surface area contributed by atoms with E-state index in [1.165, 1.54) is 12.7 Å². The lowest BCUT2D eigenvalue weighted by molar-refractivity contribution is -0.145. The number of benzene rings is 1. The molecule has 0 bridgehead atoms. The Morgan fingerprint density at radius 1 is 1.31 bits per heavy atom. The zero-order valence-electron chi connectivity index (χ0n) is 16.5. The zero-order chi connectivity index (χ0) is 18.4. The van der Waals surface area contributed by atoms with Crippen LogP contribution in [0.25, 0.3) is 0 Å². The molecule has 0 radical (unpaired) electrons. The molecule has 1 heterocycles.